The van der Waals surface area contributed by atoms with E-state index in [1.807, 2.05) is 30.3 Å². The molecule has 1 atom stereocenters. The highest BCUT2D eigenvalue weighted by atomic mass is 16.2. The molecule has 7 nitrogen and oxygen atoms in total. The minimum Gasteiger partial charge on any atom is -0.398 e. The van der Waals surface area contributed by atoms with Gasteiger partial charge in [-0.15, -0.1) is 0 Å². The van der Waals surface area contributed by atoms with Crippen LogP contribution in [0.15, 0.2) is 42.5 Å². The molecule has 0 aromatic heterocycles. The summed E-state index contributed by atoms with van der Waals surface area (Å²) in [5.41, 5.74) is 15.4. The summed E-state index contributed by atoms with van der Waals surface area (Å²) in [6.07, 6.45) is 0.377. The van der Waals surface area contributed by atoms with Crippen LogP contribution < -0.4 is 22.1 Å². The molecule has 0 saturated heterocycles. The lowest BCUT2D eigenvalue weighted by Crippen LogP contribution is -2.49. The topological polar surface area (TPSA) is 127 Å². The molecule has 0 spiro atoms. The lowest BCUT2D eigenvalue weighted by Gasteiger charge is -2.18. The normalized spacial score (nSPS) is 17.6. The van der Waals surface area contributed by atoms with Gasteiger partial charge in [0.05, 0.1) is 13.0 Å². The molecule has 3 rings (SSSR count). The SMILES string of the molecule is NC(=O)C1Cc2ccc(N)c(c2)-c2cccc(c2)CC(=O)NCC(=O)N1. The van der Waals surface area contributed by atoms with E-state index >= 15 is 0 Å². The van der Waals surface area contributed by atoms with Crippen molar-refractivity contribution in [3.05, 3.63) is 53.6 Å². The summed E-state index contributed by atoms with van der Waals surface area (Å²) in [7, 11) is 0. The van der Waals surface area contributed by atoms with Crippen molar-refractivity contribution >= 4 is 23.4 Å². The third kappa shape index (κ3) is 4.00. The maximum absolute atomic E-state index is 12.1. The van der Waals surface area contributed by atoms with Gasteiger partial charge in [0.15, 0.2) is 0 Å². The van der Waals surface area contributed by atoms with Crippen molar-refractivity contribution < 1.29 is 14.4 Å². The Morgan fingerprint density at radius 1 is 1.04 bits per heavy atom. The lowest BCUT2D eigenvalue weighted by molar-refractivity contribution is -0.128. The van der Waals surface area contributed by atoms with Crippen LogP contribution in [0.4, 0.5) is 5.69 Å². The van der Waals surface area contributed by atoms with Gasteiger partial charge >= 0.3 is 0 Å². The first kappa shape index (κ1) is 17.5. The quantitative estimate of drug-likeness (QED) is 0.544. The van der Waals surface area contributed by atoms with Crippen LogP contribution in [0.2, 0.25) is 0 Å². The molecule has 1 aliphatic rings. The van der Waals surface area contributed by atoms with E-state index in [0.717, 1.165) is 22.3 Å². The van der Waals surface area contributed by atoms with Gasteiger partial charge in [-0.2, -0.15) is 0 Å². The predicted molar refractivity (Wildman–Crippen MR) is 97.8 cm³/mol. The van der Waals surface area contributed by atoms with E-state index in [2.05, 4.69) is 10.6 Å². The fourth-order valence-corrected chi connectivity index (χ4v) is 2.96. The second kappa shape index (κ2) is 7.26. The third-order valence-corrected chi connectivity index (χ3v) is 4.28. The number of nitrogens with two attached hydrogens (primary N) is 2. The van der Waals surface area contributed by atoms with Gasteiger partial charge in [0.2, 0.25) is 17.7 Å². The summed E-state index contributed by atoms with van der Waals surface area (Å²) in [5.74, 6) is -1.40. The Kier molecular flexibility index (Phi) is 4.88. The van der Waals surface area contributed by atoms with Gasteiger partial charge in [0.1, 0.15) is 6.04 Å². The van der Waals surface area contributed by atoms with Crippen LogP contribution in [0, 0.1) is 0 Å². The molecular weight excluding hydrogens is 332 g/mol. The van der Waals surface area contributed by atoms with E-state index in [4.69, 9.17) is 11.5 Å². The minimum atomic E-state index is -0.870. The Morgan fingerprint density at radius 2 is 1.85 bits per heavy atom. The van der Waals surface area contributed by atoms with Gasteiger partial charge in [0, 0.05) is 17.7 Å². The molecule has 2 aromatic carbocycles. The highest BCUT2D eigenvalue weighted by molar-refractivity contribution is 5.90. The molecule has 0 saturated carbocycles. The molecule has 6 N–H and O–H groups in total. The number of carbonyl (C=O) groups is 3. The predicted octanol–water partition coefficient (Wildman–Crippen LogP) is 0.121. The monoisotopic (exact) mass is 352 g/mol. The Hall–Kier alpha value is -3.35. The summed E-state index contributed by atoms with van der Waals surface area (Å²) in [5, 5.41) is 5.11. The number of fused-ring (bicyclic) bond motifs is 5. The zero-order chi connectivity index (χ0) is 18.7. The zero-order valence-corrected chi connectivity index (χ0v) is 14.1. The summed E-state index contributed by atoms with van der Waals surface area (Å²) < 4.78 is 0. The molecule has 2 aromatic rings. The number of primary amides is 1. The standard InChI is InChI=1S/C19H20N4O3/c20-15-5-4-12-7-14(15)13-3-1-2-11(6-13)9-17(24)22-10-18(25)23-16(8-12)19(21)26/h1-7,16H,8-10,20H2,(H2,21,26)(H,22,24)(H,23,25). The number of hydrogen-bond acceptors (Lipinski definition) is 4. The second-order valence-corrected chi connectivity index (χ2v) is 6.30. The molecule has 0 fully saturated rings. The number of benzene rings is 2. The molecule has 26 heavy (non-hydrogen) atoms. The zero-order valence-electron chi connectivity index (χ0n) is 14.1. The second-order valence-electron chi connectivity index (χ2n) is 6.30. The number of rotatable bonds is 1. The van der Waals surface area contributed by atoms with Crippen molar-refractivity contribution in [3.8, 4) is 11.1 Å². The van der Waals surface area contributed by atoms with Crippen LogP contribution in [0.3, 0.4) is 0 Å². The number of anilines is 1. The van der Waals surface area contributed by atoms with E-state index in [0.29, 0.717) is 5.69 Å². The Morgan fingerprint density at radius 3 is 2.62 bits per heavy atom. The van der Waals surface area contributed by atoms with Crippen LogP contribution in [-0.4, -0.2) is 30.3 Å². The highest BCUT2D eigenvalue weighted by Crippen LogP contribution is 2.28. The molecule has 134 valence electrons. The van der Waals surface area contributed by atoms with Gasteiger partial charge in [-0.1, -0.05) is 30.3 Å². The van der Waals surface area contributed by atoms with Crippen molar-refractivity contribution in [2.75, 3.05) is 12.3 Å². The molecule has 1 heterocycles. The smallest absolute Gasteiger partial charge is 0.240 e. The molecule has 0 radical (unpaired) electrons. The van der Waals surface area contributed by atoms with E-state index in [1.54, 1.807) is 12.1 Å². The average molecular weight is 352 g/mol. The van der Waals surface area contributed by atoms with Crippen molar-refractivity contribution in [1.29, 1.82) is 0 Å². The Labute approximate surface area is 150 Å². The average Bonchev–Trinajstić information content (AvgIpc) is 2.60. The molecule has 7 heteroatoms. The third-order valence-electron chi connectivity index (χ3n) is 4.28. The van der Waals surface area contributed by atoms with E-state index in [-0.39, 0.29) is 25.3 Å². The number of amides is 3. The van der Waals surface area contributed by atoms with E-state index in [9.17, 15) is 14.4 Å². The number of nitrogen functional groups attached to an aromatic ring is 1. The number of nitrogens with one attached hydrogen (secondary N) is 2. The van der Waals surface area contributed by atoms with Crippen LogP contribution in [0.25, 0.3) is 11.1 Å². The van der Waals surface area contributed by atoms with Crippen molar-refractivity contribution in [1.82, 2.24) is 10.6 Å². The summed E-state index contributed by atoms with van der Waals surface area (Å²) >= 11 is 0. The molecule has 1 unspecified atom stereocenters. The van der Waals surface area contributed by atoms with Crippen LogP contribution in [-0.2, 0) is 27.2 Å². The van der Waals surface area contributed by atoms with Crippen molar-refractivity contribution in [3.63, 3.8) is 0 Å². The summed E-state index contributed by atoms with van der Waals surface area (Å²) in [6.45, 7) is -0.213. The van der Waals surface area contributed by atoms with Crippen molar-refractivity contribution in [2.24, 2.45) is 5.73 Å². The highest BCUT2D eigenvalue weighted by Gasteiger charge is 2.20. The Balaban J connectivity index is 2.06. The first-order valence-corrected chi connectivity index (χ1v) is 8.25. The van der Waals surface area contributed by atoms with E-state index < -0.39 is 17.9 Å². The van der Waals surface area contributed by atoms with Gasteiger partial charge in [-0.3, -0.25) is 14.4 Å². The molecule has 4 bridgehead atoms. The van der Waals surface area contributed by atoms with Gasteiger partial charge < -0.3 is 22.1 Å². The lowest BCUT2D eigenvalue weighted by atomic mass is 9.96. The maximum atomic E-state index is 12.1. The summed E-state index contributed by atoms with van der Waals surface area (Å²) in [6, 6.07) is 12.1. The molecular formula is C19H20N4O3. The van der Waals surface area contributed by atoms with Crippen molar-refractivity contribution in [2.45, 2.75) is 18.9 Å². The van der Waals surface area contributed by atoms with Crippen LogP contribution >= 0.6 is 0 Å². The largest absolute Gasteiger partial charge is 0.398 e. The number of hydrogen-bond donors (Lipinski definition) is 4. The molecule has 1 aliphatic heterocycles. The van der Waals surface area contributed by atoms with Gasteiger partial charge in [0.25, 0.3) is 0 Å². The summed E-state index contributed by atoms with van der Waals surface area (Å²) in [4.78, 5) is 35.8. The maximum Gasteiger partial charge on any atom is 0.240 e. The Bertz CT molecular complexity index is 879. The van der Waals surface area contributed by atoms with Gasteiger partial charge in [-0.05, 0) is 28.8 Å². The number of carbonyl (C=O) groups excluding carboxylic acids is 3. The van der Waals surface area contributed by atoms with Crippen LogP contribution in [0.1, 0.15) is 11.1 Å². The van der Waals surface area contributed by atoms with Crippen LogP contribution in [0.5, 0.6) is 0 Å². The fourth-order valence-electron chi connectivity index (χ4n) is 2.96. The first-order valence-electron chi connectivity index (χ1n) is 8.25. The first-order chi connectivity index (χ1) is 12.4. The molecule has 0 aliphatic carbocycles. The van der Waals surface area contributed by atoms with E-state index in [1.165, 1.54) is 0 Å². The molecule has 3 amide bonds. The minimum absolute atomic E-state index is 0.139. The van der Waals surface area contributed by atoms with Gasteiger partial charge in [-0.25, -0.2) is 0 Å². The fraction of sp³-hybridized carbons (Fsp3) is 0.211.